The number of nitrogens with zero attached hydrogens (tertiary/aromatic N) is 1. The van der Waals surface area contributed by atoms with Crippen molar-refractivity contribution in [1.29, 1.82) is 0 Å². The molecule has 0 spiro atoms. The van der Waals surface area contributed by atoms with Crippen molar-refractivity contribution in [3.8, 4) is 11.5 Å². The second kappa shape index (κ2) is 9.53. The summed E-state index contributed by atoms with van der Waals surface area (Å²) in [7, 11) is 3.25. The molecule has 6 heteroatoms. The quantitative estimate of drug-likeness (QED) is 0.593. The van der Waals surface area contributed by atoms with Crippen molar-refractivity contribution in [2.24, 2.45) is 0 Å². The van der Waals surface area contributed by atoms with Crippen molar-refractivity contribution in [1.82, 2.24) is 4.90 Å². The molecule has 3 rings (SSSR count). The molecule has 2 aromatic carbocycles. The summed E-state index contributed by atoms with van der Waals surface area (Å²) in [5.74, 6) is 1.15. The smallest absolute Gasteiger partial charge is 0.175 e. The minimum absolute atomic E-state index is 0.211. The number of halogens is 2. The summed E-state index contributed by atoms with van der Waals surface area (Å²) in [6, 6.07) is 10.7. The van der Waals surface area contributed by atoms with Gasteiger partial charge in [-0.1, -0.05) is 18.2 Å². The molecule has 27 heavy (non-hydrogen) atoms. The summed E-state index contributed by atoms with van der Waals surface area (Å²) in [6.07, 6.45) is 2.38. The van der Waals surface area contributed by atoms with E-state index in [1.807, 2.05) is 18.2 Å². The highest BCUT2D eigenvalue weighted by molar-refractivity contribution is 9.10. The number of ether oxygens (including phenoxy) is 3. The van der Waals surface area contributed by atoms with E-state index >= 15 is 0 Å². The zero-order valence-electron chi connectivity index (χ0n) is 15.7. The lowest BCUT2D eigenvalue weighted by Crippen LogP contribution is -2.31. The van der Waals surface area contributed by atoms with E-state index in [-0.39, 0.29) is 11.9 Å². The molecule has 1 aliphatic rings. The Morgan fingerprint density at radius 3 is 2.70 bits per heavy atom. The summed E-state index contributed by atoms with van der Waals surface area (Å²) in [4.78, 5) is 2.29. The van der Waals surface area contributed by atoms with Gasteiger partial charge in [-0.25, -0.2) is 4.39 Å². The van der Waals surface area contributed by atoms with Gasteiger partial charge in [0.2, 0.25) is 0 Å². The van der Waals surface area contributed by atoms with Crippen molar-refractivity contribution >= 4 is 15.9 Å². The van der Waals surface area contributed by atoms with Crippen molar-refractivity contribution < 1.29 is 18.6 Å². The fourth-order valence-electron chi connectivity index (χ4n) is 3.45. The third-order valence-corrected chi connectivity index (χ3v) is 5.61. The fourth-order valence-corrected chi connectivity index (χ4v) is 4.06. The zero-order valence-corrected chi connectivity index (χ0v) is 17.3. The standard InChI is InChI=1S/C21H25BrFNO3/c1-25-19-9-8-16(20(22)21(19)26-2)13-24(14-18-7-4-10-27-18)12-15-5-3-6-17(23)11-15/h3,5-6,8-9,11,18H,4,7,10,12-14H2,1-2H3. The third-order valence-electron chi connectivity index (χ3n) is 4.74. The van der Waals surface area contributed by atoms with E-state index in [9.17, 15) is 4.39 Å². The molecule has 2 aromatic rings. The Morgan fingerprint density at radius 1 is 1.19 bits per heavy atom. The summed E-state index contributed by atoms with van der Waals surface area (Å²) >= 11 is 3.65. The third kappa shape index (κ3) is 5.21. The van der Waals surface area contributed by atoms with Crippen LogP contribution in [-0.4, -0.2) is 38.4 Å². The average Bonchev–Trinajstić information content (AvgIpc) is 3.16. The van der Waals surface area contributed by atoms with Crippen LogP contribution in [0.3, 0.4) is 0 Å². The lowest BCUT2D eigenvalue weighted by Gasteiger charge is -2.26. The summed E-state index contributed by atoms with van der Waals surface area (Å²) in [6.45, 7) is 2.96. The maximum atomic E-state index is 13.6. The molecule has 1 saturated heterocycles. The van der Waals surface area contributed by atoms with Gasteiger partial charge in [0.1, 0.15) is 5.82 Å². The first kappa shape index (κ1) is 20.1. The van der Waals surface area contributed by atoms with E-state index in [4.69, 9.17) is 14.2 Å². The molecule has 1 unspecified atom stereocenters. The number of benzene rings is 2. The van der Waals surface area contributed by atoms with E-state index in [1.54, 1.807) is 26.4 Å². The van der Waals surface area contributed by atoms with Gasteiger partial charge in [0, 0.05) is 26.2 Å². The van der Waals surface area contributed by atoms with Gasteiger partial charge in [-0.05, 0) is 58.1 Å². The first-order chi connectivity index (χ1) is 13.1. The molecule has 1 fully saturated rings. The SMILES string of the molecule is COc1ccc(CN(Cc2cccc(F)c2)CC2CCCO2)c(Br)c1OC. The largest absolute Gasteiger partial charge is 0.493 e. The van der Waals surface area contributed by atoms with Crippen molar-refractivity contribution in [3.05, 3.63) is 57.8 Å². The highest BCUT2D eigenvalue weighted by Gasteiger charge is 2.21. The molecule has 0 radical (unpaired) electrons. The number of rotatable bonds is 8. The molecule has 0 aromatic heterocycles. The Hall–Kier alpha value is -1.63. The molecule has 0 saturated carbocycles. The minimum Gasteiger partial charge on any atom is -0.493 e. The topological polar surface area (TPSA) is 30.9 Å². The maximum absolute atomic E-state index is 13.6. The van der Waals surface area contributed by atoms with E-state index in [0.717, 1.165) is 41.6 Å². The van der Waals surface area contributed by atoms with Gasteiger partial charge in [0.05, 0.1) is 24.8 Å². The first-order valence-corrected chi connectivity index (χ1v) is 9.87. The van der Waals surface area contributed by atoms with Gasteiger partial charge in [-0.3, -0.25) is 4.90 Å². The highest BCUT2D eigenvalue weighted by Crippen LogP contribution is 2.38. The molecule has 0 N–H and O–H groups in total. The van der Waals surface area contributed by atoms with Crippen molar-refractivity contribution in [2.75, 3.05) is 27.4 Å². The molecule has 0 amide bonds. The highest BCUT2D eigenvalue weighted by atomic mass is 79.9. The Balaban J connectivity index is 1.82. The molecule has 1 aliphatic heterocycles. The van der Waals surface area contributed by atoms with Crippen LogP contribution in [-0.2, 0) is 17.8 Å². The minimum atomic E-state index is -0.211. The van der Waals surface area contributed by atoms with Gasteiger partial charge in [0.25, 0.3) is 0 Å². The van der Waals surface area contributed by atoms with E-state index < -0.39 is 0 Å². The molecule has 1 heterocycles. The number of hydrogen-bond acceptors (Lipinski definition) is 4. The van der Waals surface area contributed by atoms with Crippen LogP contribution < -0.4 is 9.47 Å². The summed E-state index contributed by atoms with van der Waals surface area (Å²) in [5, 5.41) is 0. The van der Waals surface area contributed by atoms with E-state index in [0.29, 0.717) is 24.6 Å². The van der Waals surface area contributed by atoms with E-state index in [2.05, 4.69) is 20.8 Å². The first-order valence-electron chi connectivity index (χ1n) is 9.08. The van der Waals surface area contributed by atoms with Crippen LogP contribution in [0.25, 0.3) is 0 Å². The van der Waals surface area contributed by atoms with Crippen LogP contribution in [0.2, 0.25) is 0 Å². The van der Waals surface area contributed by atoms with Gasteiger partial charge < -0.3 is 14.2 Å². The van der Waals surface area contributed by atoms with Crippen molar-refractivity contribution in [3.63, 3.8) is 0 Å². The molecular formula is C21H25BrFNO3. The van der Waals surface area contributed by atoms with Crippen LogP contribution in [0.4, 0.5) is 4.39 Å². The van der Waals surface area contributed by atoms with Gasteiger partial charge >= 0.3 is 0 Å². The van der Waals surface area contributed by atoms with Gasteiger partial charge in [0.15, 0.2) is 11.5 Å². The Morgan fingerprint density at radius 2 is 2.04 bits per heavy atom. The second-order valence-electron chi connectivity index (χ2n) is 6.71. The average molecular weight is 438 g/mol. The molecular weight excluding hydrogens is 413 g/mol. The van der Waals surface area contributed by atoms with Crippen LogP contribution in [0.15, 0.2) is 40.9 Å². The summed E-state index contributed by atoms with van der Waals surface area (Å²) in [5.41, 5.74) is 2.03. The van der Waals surface area contributed by atoms with Crippen LogP contribution in [0, 0.1) is 5.82 Å². The Bertz CT molecular complexity index is 765. The van der Waals surface area contributed by atoms with Crippen LogP contribution >= 0.6 is 15.9 Å². The lowest BCUT2D eigenvalue weighted by atomic mass is 10.1. The van der Waals surface area contributed by atoms with Gasteiger partial charge in [-0.15, -0.1) is 0 Å². The zero-order chi connectivity index (χ0) is 19.2. The molecule has 1 atom stereocenters. The van der Waals surface area contributed by atoms with E-state index in [1.165, 1.54) is 6.07 Å². The predicted octanol–water partition coefficient (Wildman–Crippen LogP) is 4.79. The van der Waals surface area contributed by atoms with Crippen LogP contribution in [0.5, 0.6) is 11.5 Å². The summed E-state index contributed by atoms with van der Waals surface area (Å²) < 4.78 is 31.2. The Kier molecular flexibility index (Phi) is 7.10. The van der Waals surface area contributed by atoms with Gasteiger partial charge in [-0.2, -0.15) is 0 Å². The molecule has 0 aliphatic carbocycles. The van der Waals surface area contributed by atoms with Crippen molar-refractivity contribution in [2.45, 2.75) is 32.0 Å². The second-order valence-corrected chi connectivity index (χ2v) is 7.50. The predicted molar refractivity (Wildman–Crippen MR) is 107 cm³/mol. The normalized spacial score (nSPS) is 16.7. The molecule has 4 nitrogen and oxygen atoms in total. The number of hydrogen-bond donors (Lipinski definition) is 0. The maximum Gasteiger partial charge on any atom is 0.175 e. The monoisotopic (exact) mass is 437 g/mol. The molecule has 0 bridgehead atoms. The Labute approximate surface area is 168 Å². The van der Waals surface area contributed by atoms with Crippen LogP contribution in [0.1, 0.15) is 24.0 Å². The number of methoxy groups -OCH3 is 2. The molecule has 146 valence electrons. The fraction of sp³-hybridized carbons (Fsp3) is 0.429. The lowest BCUT2D eigenvalue weighted by molar-refractivity contribution is 0.0678.